The van der Waals surface area contributed by atoms with E-state index in [4.69, 9.17) is 4.42 Å². The van der Waals surface area contributed by atoms with Gasteiger partial charge in [0.1, 0.15) is 11.5 Å². The van der Waals surface area contributed by atoms with Gasteiger partial charge in [0, 0.05) is 36.0 Å². The quantitative estimate of drug-likeness (QED) is 0.799. The molecule has 0 aliphatic heterocycles. The lowest BCUT2D eigenvalue weighted by Gasteiger charge is -2.05. The Kier molecular flexibility index (Phi) is 5.51. The van der Waals surface area contributed by atoms with E-state index >= 15 is 0 Å². The maximum atomic E-state index is 12.0. The Balaban J connectivity index is 1.35. The Morgan fingerprint density at radius 2 is 2.00 bits per heavy atom. The lowest BCUT2D eigenvalue weighted by molar-refractivity contribution is -0.121. The fourth-order valence-electron chi connectivity index (χ4n) is 2.75. The molecule has 1 aromatic carbocycles. The van der Waals surface area contributed by atoms with Gasteiger partial charge in [-0.05, 0) is 36.6 Å². The van der Waals surface area contributed by atoms with Crippen molar-refractivity contribution in [1.29, 1.82) is 0 Å². The highest BCUT2D eigenvalue weighted by Gasteiger charge is 2.36. The molecule has 5 heteroatoms. The zero-order valence-corrected chi connectivity index (χ0v) is 14.7. The highest BCUT2D eigenvalue weighted by atomic mass is 32.2. The second-order valence-electron chi connectivity index (χ2n) is 6.34. The predicted octanol–water partition coefficient (Wildman–Crippen LogP) is 3.26. The lowest BCUT2D eigenvalue weighted by atomic mass is 10.2. The first-order valence-corrected chi connectivity index (χ1v) is 9.74. The van der Waals surface area contributed by atoms with Crippen molar-refractivity contribution in [2.24, 2.45) is 5.92 Å². The largest absolute Gasteiger partial charge is 0.466 e. The number of benzene rings is 1. The number of nitrogens with one attached hydrogen (secondary N) is 1. The Morgan fingerprint density at radius 1 is 1.25 bits per heavy atom. The van der Waals surface area contributed by atoms with Crippen molar-refractivity contribution in [3.63, 3.8) is 0 Å². The molecule has 24 heavy (non-hydrogen) atoms. The van der Waals surface area contributed by atoms with E-state index in [2.05, 4.69) is 12.2 Å². The normalized spacial score (nSPS) is 20.5. The highest BCUT2D eigenvalue weighted by Crippen LogP contribution is 2.47. The van der Waals surface area contributed by atoms with Crippen molar-refractivity contribution in [1.82, 2.24) is 5.32 Å². The van der Waals surface area contributed by atoms with Crippen molar-refractivity contribution in [2.45, 2.75) is 37.0 Å². The van der Waals surface area contributed by atoms with Crippen LogP contribution in [0.1, 0.15) is 37.2 Å². The molecule has 2 aromatic rings. The monoisotopic (exact) mass is 345 g/mol. The van der Waals surface area contributed by atoms with Crippen LogP contribution in [0.5, 0.6) is 0 Å². The summed E-state index contributed by atoms with van der Waals surface area (Å²) in [6.07, 6.45) is 2.20. The smallest absolute Gasteiger partial charge is 0.220 e. The van der Waals surface area contributed by atoms with E-state index in [1.54, 1.807) is 0 Å². The highest BCUT2D eigenvalue weighted by molar-refractivity contribution is 7.85. The van der Waals surface area contributed by atoms with Gasteiger partial charge in [-0.15, -0.1) is 0 Å². The van der Waals surface area contributed by atoms with Crippen LogP contribution in [0.25, 0.3) is 0 Å². The van der Waals surface area contributed by atoms with Gasteiger partial charge in [0.15, 0.2) is 0 Å². The van der Waals surface area contributed by atoms with Crippen molar-refractivity contribution in [3.05, 3.63) is 54.0 Å². The van der Waals surface area contributed by atoms with Gasteiger partial charge in [-0.2, -0.15) is 0 Å². The van der Waals surface area contributed by atoms with E-state index < -0.39 is 10.8 Å². The fraction of sp³-hybridized carbons (Fsp3) is 0.421. The van der Waals surface area contributed by atoms with Crippen LogP contribution in [-0.4, -0.2) is 22.4 Å². The van der Waals surface area contributed by atoms with Gasteiger partial charge in [0.05, 0.1) is 10.8 Å². The minimum atomic E-state index is -1.07. The van der Waals surface area contributed by atoms with Gasteiger partial charge in [-0.3, -0.25) is 9.00 Å². The third kappa shape index (κ3) is 4.57. The van der Waals surface area contributed by atoms with Crippen LogP contribution in [0, 0.1) is 5.92 Å². The molecule has 3 rings (SSSR count). The Hall–Kier alpha value is -1.88. The summed E-state index contributed by atoms with van der Waals surface area (Å²) in [7, 11) is -1.07. The lowest BCUT2D eigenvalue weighted by Crippen LogP contribution is -2.27. The van der Waals surface area contributed by atoms with Crippen LogP contribution in [0.2, 0.25) is 0 Å². The molecule has 0 radical (unpaired) electrons. The summed E-state index contributed by atoms with van der Waals surface area (Å²) < 4.78 is 17.8. The van der Waals surface area contributed by atoms with Crippen molar-refractivity contribution in [3.8, 4) is 0 Å². The number of hydrogen-bond acceptors (Lipinski definition) is 3. The Bertz CT molecular complexity index is 710. The Labute approximate surface area is 145 Å². The molecule has 128 valence electrons. The Morgan fingerprint density at radius 3 is 2.71 bits per heavy atom. The number of amides is 1. The molecule has 1 amide bonds. The summed E-state index contributed by atoms with van der Waals surface area (Å²) in [6, 6.07) is 13.3. The molecule has 1 fully saturated rings. The average Bonchev–Trinajstić information content (AvgIpc) is 3.14. The third-order valence-corrected chi connectivity index (χ3v) is 5.74. The summed E-state index contributed by atoms with van der Waals surface area (Å²) in [4.78, 5) is 12.7. The molecule has 0 spiro atoms. The molecule has 1 saturated carbocycles. The fourth-order valence-corrected chi connectivity index (χ4v) is 3.73. The second kappa shape index (κ2) is 7.79. The number of rotatable bonds is 8. The van der Waals surface area contributed by atoms with Gasteiger partial charge < -0.3 is 9.73 Å². The standard InChI is InChI=1S/C19H23NO3S/c1-14-13-17(14)18-9-7-15(23-18)8-10-19(21)20-11-12-24(22)16-5-3-2-4-6-16/h2-7,9,14,17H,8,10-13H2,1H3,(H,20,21)/t14-,17+,24-/m1/s1. The summed E-state index contributed by atoms with van der Waals surface area (Å²) in [5.41, 5.74) is 0. The predicted molar refractivity (Wildman–Crippen MR) is 94.3 cm³/mol. The number of carbonyl (C=O) groups excluding carboxylic acids is 1. The first-order valence-electron chi connectivity index (χ1n) is 8.42. The van der Waals surface area contributed by atoms with Crippen LogP contribution in [-0.2, 0) is 22.0 Å². The SMILES string of the molecule is C[C@@H]1C[C@@H]1c1ccc(CCC(=O)NCC[S@@](=O)c2ccccc2)o1. The first-order chi connectivity index (χ1) is 11.6. The molecule has 0 saturated heterocycles. The van der Waals surface area contributed by atoms with Crippen LogP contribution >= 0.6 is 0 Å². The average molecular weight is 345 g/mol. The second-order valence-corrected chi connectivity index (χ2v) is 7.91. The van der Waals surface area contributed by atoms with Crippen LogP contribution < -0.4 is 5.32 Å². The molecule has 4 nitrogen and oxygen atoms in total. The van der Waals surface area contributed by atoms with E-state index in [-0.39, 0.29) is 5.91 Å². The number of hydrogen-bond donors (Lipinski definition) is 1. The van der Waals surface area contributed by atoms with Crippen LogP contribution in [0.3, 0.4) is 0 Å². The molecular weight excluding hydrogens is 322 g/mol. The summed E-state index contributed by atoms with van der Waals surface area (Å²) in [5, 5.41) is 2.83. The zero-order valence-electron chi connectivity index (χ0n) is 13.9. The molecule has 3 atom stereocenters. The number of aryl methyl sites for hydroxylation is 1. The van der Waals surface area contributed by atoms with Gasteiger partial charge in [-0.1, -0.05) is 25.1 Å². The van der Waals surface area contributed by atoms with Gasteiger partial charge >= 0.3 is 0 Å². The van der Waals surface area contributed by atoms with Crippen LogP contribution in [0.4, 0.5) is 0 Å². The van der Waals surface area contributed by atoms with Crippen molar-refractivity contribution in [2.75, 3.05) is 12.3 Å². The van der Waals surface area contributed by atoms with Gasteiger partial charge in [0.2, 0.25) is 5.91 Å². The van der Waals surface area contributed by atoms with Gasteiger partial charge in [0.25, 0.3) is 0 Å². The van der Waals surface area contributed by atoms with E-state index in [0.717, 1.165) is 22.3 Å². The molecular formula is C19H23NO3S. The summed E-state index contributed by atoms with van der Waals surface area (Å²) in [6.45, 7) is 2.64. The maximum absolute atomic E-state index is 12.0. The number of carbonyl (C=O) groups is 1. The van der Waals surface area contributed by atoms with E-state index in [1.807, 2.05) is 42.5 Å². The molecule has 1 aliphatic rings. The molecule has 1 aromatic heterocycles. The third-order valence-electron chi connectivity index (χ3n) is 4.37. The molecule has 1 N–H and O–H groups in total. The zero-order chi connectivity index (χ0) is 16.9. The van der Waals surface area contributed by atoms with E-state index in [0.29, 0.717) is 31.1 Å². The first kappa shape index (κ1) is 17.0. The van der Waals surface area contributed by atoms with Crippen molar-refractivity contribution < 1.29 is 13.4 Å². The molecule has 0 unspecified atom stereocenters. The summed E-state index contributed by atoms with van der Waals surface area (Å²) >= 11 is 0. The minimum absolute atomic E-state index is 0.0298. The van der Waals surface area contributed by atoms with Crippen molar-refractivity contribution >= 4 is 16.7 Å². The van der Waals surface area contributed by atoms with E-state index in [9.17, 15) is 9.00 Å². The van der Waals surface area contributed by atoms with Gasteiger partial charge in [-0.25, -0.2) is 0 Å². The molecule has 0 bridgehead atoms. The number of furan rings is 1. The van der Waals surface area contributed by atoms with E-state index in [1.165, 1.54) is 6.42 Å². The van der Waals surface area contributed by atoms with Crippen LogP contribution in [0.15, 0.2) is 51.8 Å². The topological polar surface area (TPSA) is 59.3 Å². The molecule has 1 heterocycles. The summed E-state index contributed by atoms with van der Waals surface area (Å²) in [5.74, 6) is 3.61. The maximum Gasteiger partial charge on any atom is 0.220 e. The molecule has 1 aliphatic carbocycles. The minimum Gasteiger partial charge on any atom is -0.466 e.